The summed E-state index contributed by atoms with van der Waals surface area (Å²) >= 11 is 3.14. The van der Waals surface area contributed by atoms with E-state index in [0.717, 1.165) is 0 Å². The molecular weight excluding hydrogens is 300 g/mol. The topological polar surface area (TPSA) is 93.4 Å². The average molecular weight is 309 g/mol. The number of rotatable bonds is 3. The van der Waals surface area contributed by atoms with Gasteiger partial charge in [0, 0.05) is 5.56 Å². The van der Waals surface area contributed by atoms with Gasteiger partial charge in [0.15, 0.2) is 11.5 Å². The van der Waals surface area contributed by atoms with Gasteiger partial charge in [-0.3, -0.25) is 5.10 Å². The quantitative estimate of drug-likeness (QED) is 0.390. The average Bonchev–Trinajstić information content (AvgIpc) is 2.83. The van der Waals surface area contributed by atoms with E-state index >= 15 is 0 Å². The van der Waals surface area contributed by atoms with Crippen molar-refractivity contribution in [2.45, 2.75) is 0 Å². The number of carbonyl (C=O) groups is 1. The number of nitrogens with zero attached hydrogens (tertiary/aromatic N) is 2. The van der Waals surface area contributed by atoms with Gasteiger partial charge in [-0.2, -0.15) is 5.10 Å². The first-order valence-corrected chi connectivity index (χ1v) is 5.77. The molecule has 0 bridgehead atoms. The lowest BCUT2D eigenvalue weighted by atomic mass is 10.2. The lowest BCUT2D eigenvalue weighted by Crippen LogP contribution is -2.15. The van der Waals surface area contributed by atoms with Gasteiger partial charge in [-0.05, 0) is 15.9 Å². The van der Waals surface area contributed by atoms with E-state index in [2.05, 4.69) is 31.3 Å². The molecule has 1 aromatic carbocycles. The first kappa shape index (κ1) is 12.3. The van der Waals surface area contributed by atoms with Crippen molar-refractivity contribution >= 4 is 27.7 Å². The number of carbonyl (C=O) groups excluding carboxylic acids is 1. The molecule has 1 aromatic heterocycles. The summed E-state index contributed by atoms with van der Waals surface area (Å²) in [4.78, 5) is 16.3. The van der Waals surface area contributed by atoms with Crippen molar-refractivity contribution < 1.29 is 9.63 Å². The molecule has 2 rings (SSSR count). The van der Waals surface area contributed by atoms with Crippen LogP contribution in [0.15, 0.2) is 46.2 Å². The molecule has 0 aliphatic heterocycles. The molecule has 6 nitrogen and oxygen atoms in total. The van der Waals surface area contributed by atoms with Crippen molar-refractivity contribution in [1.82, 2.24) is 10.2 Å². The van der Waals surface area contributed by atoms with Crippen LogP contribution < -0.4 is 5.73 Å². The zero-order valence-electron chi connectivity index (χ0n) is 9.13. The summed E-state index contributed by atoms with van der Waals surface area (Å²) in [5.41, 5.74) is 6.53. The van der Waals surface area contributed by atoms with Crippen LogP contribution in [0.3, 0.4) is 0 Å². The van der Waals surface area contributed by atoms with Gasteiger partial charge in [0.05, 0.1) is 10.7 Å². The van der Waals surface area contributed by atoms with E-state index in [0.29, 0.717) is 10.0 Å². The molecule has 0 aliphatic rings. The number of aromatic amines is 1. The Labute approximate surface area is 111 Å². The van der Waals surface area contributed by atoms with Gasteiger partial charge < -0.3 is 10.6 Å². The van der Waals surface area contributed by atoms with Crippen LogP contribution in [-0.2, 0) is 4.84 Å². The number of halogens is 1. The standard InChI is InChI=1S/C11H9BrN4O2/c12-8-6-14-15-9(8)11(17)18-16-10(13)7-4-2-1-3-5-7/h1-6H,(H2,13,16)(H,14,15). The minimum Gasteiger partial charge on any atom is -0.380 e. The maximum absolute atomic E-state index is 11.6. The zero-order valence-corrected chi connectivity index (χ0v) is 10.7. The third-order valence-electron chi connectivity index (χ3n) is 2.09. The largest absolute Gasteiger partial charge is 0.384 e. The second-order valence-electron chi connectivity index (χ2n) is 3.31. The lowest BCUT2D eigenvalue weighted by Gasteiger charge is -1.99. The molecule has 0 atom stereocenters. The maximum Gasteiger partial charge on any atom is 0.384 e. The molecule has 7 heteroatoms. The minimum atomic E-state index is -0.668. The molecule has 92 valence electrons. The number of amidine groups is 1. The van der Waals surface area contributed by atoms with Gasteiger partial charge in [-0.15, -0.1) is 0 Å². The Morgan fingerprint density at radius 1 is 1.39 bits per heavy atom. The summed E-state index contributed by atoms with van der Waals surface area (Å²) in [5, 5.41) is 9.73. The Kier molecular flexibility index (Phi) is 3.73. The molecule has 0 saturated carbocycles. The van der Waals surface area contributed by atoms with Crippen molar-refractivity contribution in [3.05, 3.63) is 52.3 Å². The molecule has 0 spiro atoms. The van der Waals surface area contributed by atoms with Gasteiger partial charge >= 0.3 is 5.97 Å². The summed E-state index contributed by atoms with van der Waals surface area (Å²) < 4.78 is 0.501. The van der Waals surface area contributed by atoms with E-state index in [-0.39, 0.29) is 11.5 Å². The Hall–Kier alpha value is -2.15. The number of benzene rings is 1. The monoisotopic (exact) mass is 308 g/mol. The Balaban J connectivity index is 2.08. The van der Waals surface area contributed by atoms with Crippen LogP contribution in [0.2, 0.25) is 0 Å². The van der Waals surface area contributed by atoms with Crippen LogP contribution >= 0.6 is 15.9 Å². The van der Waals surface area contributed by atoms with Gasteiger partial charge in [-0.25, -0.2) is 4.79 Å². The highest BCUT2D eigenvalue weighted by Crippen LogP contribution is 2.13. The van der Waals surface area contributed by atoms with Crippen molar-refractivity contribution in [3.8, 4) is 0 Å². The third-order valence-corrected chi connectivity index (χ3v) is 2.69. The van der Waals surface area contributed by atoms with Gasteiger partial charge in [0.25, 0.3) is 0 Å². The normalized spacial score (nSPS) is 11.3. The number of H-pyrrole nitrogens is 1. The summed E-state index contributed by atoms with van der Waals surface area (Å²) in [6.45, 7) is 0. The molecule has 0 amide bonds. The van der Waals surface area contributed by atoms with E-state index in [1.165, 1.54) is 6.20 Å². The summed E-state index contributed by atoms with van der Waals surface area (Å²) in [5.74, 6) is -0.544. The fourth-order valence-electron chi connectivity index (χ4n) is 1.21. The maximum atomic E-state index is 11.6. The van der Waals surface area contributed by atoms with Crippen LogP contribution in [0.4, 0.5) is 0 Å². The lowest BCUT2D eigenvalue weighted by molar-refractivity contribution is 0.0508. The van der Waals surface area contributed by atoms with Crippen molar-refractivity contribution in [3.63, 3.8) is 0 Å². The zero-order chi connectivity index (χ0) is 13.0. The van der Waals surface area contributed by atoms with Gasteiger partial charge in [0.2, 0.25) is 0 Å². The fourth-order valence-corrected chi connectivity index (χ4v) is 1.57. The van der Waals surface area contributed by atoms with Crippen molar-refractivity contribution in [2.24, 2.45) is 10.9 Å². The number of hydrogen-bond acceptors (Lipinski definition) is 4. The Morgan fingerprint density at radius 3 is 2.72 bits per heavy atom. The van der Waals surface area contributed by atoms with E-state index in [1.807, 2.05) is 18.2 Å². The first-order valence-electron chi connectivity index (χ1n) is 4.97. The van der Waals surface area contributed by atoms with Crippen molar-refractivity contribution in [2.75, 3.05) is 0 Å². The van der Waals surface area contributed by atoms with Crippen LogP contribution in [0.5, 0.6) is 0 Å². The molecule has 1 heterocycles. The van der Waals surface area contributed by atoms with E-state index in [1.54, 1.807) is 12.1 Å². The summed E-state index contributed by atoms with van der Waals surface area (Å²) in [6.07, 6.45) is 1.45. The van der Waals surface area contributed by atoms with Crippen molar-refractivity contribution in [1.29, 1.82) is 0 Å². The van der Waals surface area contributed by atoms with Gasteiger partial charge in [0.1, 0.15) is 0 Å². The highest BCUT2D eigenvalue weighted by molar-refractivity contribution is 9.10. The number of nitrogens with one attached hydrogen (secondary N) is 1. The molecule has 0 aliphatic carbocycles. The molecule has 2 aromatic rings. The van der Waals surface area contributed by atoms with Crippen LogP contribution in [-0.4, -0.2) is 22.0 Å². The molecule has 0 fully saturated rings. The molecular formula is C11H9BrN4O2. The number of oxime groups is 1. The van der Waals surface area contributed by atoms with Crippen LogP contribution in [0.25, 0.3) is 0 Å². The number of nitrogens with two attached hydrogens (primary N) is 1. The molecule has 0 saturated heterocycles. The summed E-state index contributed by atoms with van der Waals surface area (Å²) in [6, 6.07) is 9.00. The smallest absolute Gasteiger partial charge is 0.380 e. The number of hydrogen-bond donors (Lipinski definition) is 2. The SMILES string of the molecule is N/C(=N\OC(=O)c1[nH]ncc1Br)c1ccccc1. The predicted octanol–water partition coefficient (Wildman–Crippen LogP) is 1.65. The first-order chi connectivity index (χ1) is 8.68. The molecule has 3 N–H and O–H groups in total. The highest BCUT2D eigenvalue weighted by atomic mass is 79.9. The second-order valence-corrected chi connectivity index (χ2v) is 4.17. The molecule has 0 unspecified atom stereocenters. The fraction of sp³-hybridized carbons (Fsp3) is 0. The Bertz CT molecular complexity index is 580. The van der Waals surface area contributed by atoms with Crippen LogP contribution in [0, 0.1) is 0 Å². The van der Waals surface area contributed by atoms with E-state index in [4.69, 9.17) is 10.6 Å². The minimum absolute atomic E-state index is 0.125. The van der Waals surface area contributed by atoms with E-state index in [9.17, 15) is 4.79 Å². The second kappa shape index (κ2) is 5.46. The predicted molar refractivity (Wildman–Crippen MR) is 68.9 cm³/mol. The van der Waals surface area contributed by atoms with Crippen LogP contribution in [0.1, 0.15) is 16.1 Å². The van der Waals surface area contributed by atoms with Gasteiger partial charge in [-0.1, -0.05) is 35.5 Å². The summed E-state index contributed by atoms with van der Waals surface area (Å²) in [7, 11) is 0. The third kappa shape index (κ3) is 2.75. The Morgan fingerprint density at radius 2 is 2.11 bits per heavy atom. The van der Waals surface area contributed by atoms with E-state index < -0.39 is 5.97 Å². The highest BCUT2D eigenvalue weighted by Gasteiger charge is 2.14. The molecule has 18 heavy (non-hydrogen) atoms. The molecule has 0 radical (unpaired) electrons. The number of aromatic nitrogens is 2.